The van der Waals surface area contributed by atoms with Crippen molar-refractivity contribution in [1.29, 1.82) is 0 Å². The Morgan fingerprint density at radius 1 is 1.17 bits per heavy atom. The van der Waals surface area contributed by atoms with Gasteiger partial charge in [-0.1, -0.05) is 36.4 Å². The van der Waals surface area contributed by atoms with Gasteiger partial charge in [0, 0.05) is 5.56 Å². The summed E-state index contributed by atoms with van der Waals surface area (Å²) in [5.41, 5.74) is 3.32. The van der Waals surface area contributed by atoms with E-state index in [1.165, 1.54) is 0 Å². The second-order valence-electron chi connectivity index (χ2n) is 4.23. The normalized spacial score (nSPS) is 10.3. The summed E-state index contributed by atoms with van der Waals surface area (Å²) in [7, 11) is 0. The number of phenols is 1. The number of aliphatic carboxylic acids is 1. The van der Waals surface area contributed by atoms with Gasteiger partial charge in [0.05, 0.1) is 6.42 Å². The third kappa shape index (κ3) is 2.51. The van der Waals surface area contributed by atoms with Crippen LogP contribution >= 0.6 is 0 Å². The molecule has 0 heterocycles. The largest absolute Gasteiger partial charge is 0.508 e. The van der Waals surface area contributed by atoms with Crippen molar-refractivity contribution >= 4 is 5.97 Å². The molecule has 18 heavy (non-hydrogen) atoms. The molecular weight excluding hydrogens is 228 g/mol. The van der Waals surface area contributed by atoms with Crippen molar-refractivity contribution in [3.8, 4) is 16.9 Å². The SMILES string of the molecule is Cc1cc(CC(=O)O)c(O)cc1-c1ccccc1. The van der Waals surface area contributed by atoms with Gasteiger partial charge in [-0.3, -0.25) is 4.79 Å². The van der Waals surface area contributed by atoms with Crippen LogP contribution < -0.4 is 0 Å². The molecule has 0 aliphatic rings. The van der Waals surface area contributed by atoms with Gasteiger partial charge in [-0.25, -0.2) is 0 Å². The molecule has 0 bridgehead atoms. The van der Waals surface area contributed by atoms with E-state index in [1.807, 2.05) is 37.3 Å². The van der Waals surface area contributed by atoms with Crippen LogP contribution in [0.5, 0.6) is 5.75 Å². The fourth-order valence-electron chi connectivity index (χ4n) is 1.99. The molecule has 0 aliphatic carbocycles. The Kier molecular flexibility index (Phi) is 3.33. The first-order valence-corrected chi connectivity index (χ1v) is 5.67. The number of aromatic hydroxyl groups is 1. The van der Waals surface area contributed by atoms with E-state index in [-0.39, 0.29) is 12.2 Å². The van der Waals surface area contributed by atoms with E-state index < -0.39 is 5.97 Å². The van der Waals surface area contributed by atoms with Gasteiger partial charge in [0.2, 0.25) is 0 Å². The smallest absolute Gasteiger partial charge is 0.307 e. The van der Waals surface area contributed by atoms with Crippen molar-refractivity contribution in [2.24, 2.45) is 0 Å². The number of hydrogen-bond acceptors (Lipinski definition) is 2. The number of rotatable bonds is 3. The van der Waals surface area contributed by atoms with Gasteiger partial charge < -0.3 is 10.2 Å². The Morgan fingerprint density at radius 3 is 2.44 bits per heavy atom. The molecule has 0 spiro atoms. The van der Waals surface area contributed by atoms with Gasteiger partial charge in [0.25, 0.3) is 0 Å². The summed E-state index contributed by atoms with van der Waals surface area (Å²) in [6.07, 6.45) is -0.165. The maximum Gasteiger partial charge on any atom is 0.307 e. The highest BCUT2D eigenvalue weighted by Gasteiger charge is 2.10. The lowest BCUT2D eigenvalue weighted by atomic mass is 9.97. The lowest BCUT2D eigenvalue weighted by molar-refractivity contribution is -0.136. The van der Waals surface area contributed by atoms with Crippen LogP contribution in [-0.2, 0) is 11.2 Å². The van der Waals surface area contributed by atoms with Crippen LogP contribution in [0.2, 0.25) is 0 Å². The van der Waals surface area contributed by atoms with Crippen molar-refractivity contribution in [3.63, 3.8) is 0 Å². The second kappa shape index (κ2) is 4.92. The van der Waals surface area contributed by atoms with Crippen molar-refractivity contribution in [3.05, 3.63) is 53.6 Å². The highest BCUT2D eigenvalue weighted by atomic mass is 16.4. The summed E-state index contributed by atoms with van der Waals surface area (Å²) >= 11 is 0. The number of carboxylic acids is 1. The predicted octanol–water partition coefficient (Wildman–Crippen LogP) is 2.99. The minimum absolute atomic E-state index is 0.0295. The Morgan fingerprint density at radius 2 is 1.83 bits per heavy atom. The molecule has 2 aromatic carbocycles. The minimum atomic E-state index is -0.947. The fraction of sp³-hybridized carbons (Fsp3) is 0.133. The van der Waals surface area contributed by atoms with E-state index in [4.69, 9.17) is 5.11 Å². The van der Waals surface area contributed by atoms with Crippen LogP contribution in [0.3, 0.4) is 0 Å². The molecule has 0 saturated heterocycles. The maximum atomic E-state index is 10.7. The second-order valence-corrected chi connectivity index (χ2v) is 4.23. The number of benzene rings is 2. The highest BCUT2D eigenvalue weighted by molar-refractivity contribution is 5.74. The third-order valence-electron chi connectivity index (χ3n) is 2.85. The average molecular weight is 242 g/mol. The van der Waals surface area contributed by atoms with Crippen molar-refractivity contribution in [2.45, 2.75) is 13.3 Å². The van der Waals surface area contributed by atoms with Crippen molar-refractivity contribution in [1.82, 2.24) is 0 Å². The van der Waals surface area contributed by atoms with Crippen LogP contribution in [0.25, 0.3) is 11.1 Å². The van der Waals surface area contributed by atoms with E-state index in [0.717, 1.165) is 16.7 Å². The quantitative estimate of drug-likeness (QED) is 0.869. The van der Waals surface area contributed by atoms with Crippen molar-refractivity contribution in [2.75, 3.05) is 0 Å². The minimum Gasteiger partial charge on any atom is -0.508 e. The lowest BCUT2D eigenvalue weighted by Crippen LogP contribution is -2.01. The molecule has 0 aromatic heterocycles. The highest BCUT2D eigenvalue weighted by Crippen LogP contribution is 2.30. The zero-order chi connectivity index (χ0) is 13.1. The first-order chi connectivity index (χ1) is 8.58. The maximum absolute atomic E-state index is 10.7. The van der Waals surface area contributed by atoms with Crippen LogP contribution in [-0.4, -0.2) is 16.2 Å². The summed E-state index contributed by atoms with van der Waals surface area (Å²) in [6.45, 7) is 1.91. The number of aryl methyl sites for hydroxylation is 1. The molecule has 3 nitrogen and oxygen atoms in total. The summed E-state index contributed by atoms with van der Waals surface area (Å²) in [5, 5.41) is 18.6. The van der Waals surface area contributed by atoms with Crippen LogP contribution in [0.15, 0.2) is 42.5 Å². The van der Waals surface area contributed by atoms with Crippen LogP contribution in [0, 0.1) is 6.92 Å². The van der Waals surface area contributed by atoms with Crippen molar-refractivity contribution < 1.29 is 15.0 Å². The molecular formula is C15H14O3. The Hall–Kier alpha value is -2.29. The van der Waals surface area contributed by atoms with E-state index in [2.05, 4.69) is 0 Å². The van der Waals surface area contributed by atoms with Gasteiger partial charge >= 0.3 is 5.97 Å². The average Bonchev–Trinajstić information content (AvgIpc) is 2.34. The molecule has 0 aliphatic heterocycles. The number of phenolic OH excluding ortho intramolecular Hbond substituents is 1. The molecule has 2 aromatic rings. The van der Waals surface area contributed by atoms with Crippen LogP contribution in [0.1, 0.15) is 11.1 Å². The van der Waals surface area contributed by atoms with Gasteiger partial charge in [-0.05, 0) is 29.7 Å². The van der Waals surface area contributed by atoms with E-state index in [9.17, 15) is 9.90 Å². The van der Waals surface area contributed by atoms with Gasteiger partial charge in [0.1, 0.15) is 5.75 Å². The summed E-state index contributed by atoms with van der Waals surface area (Å²) in [4.78, 5) is 10.7. The summed E-state index contributed by atoms with van der Waals surface area (Å²) in [5.74, 6) is -0.918. The number of hydrogen-bond donors (Lipinski definition) is 2. The standard InChI is InChI=1S/C15H14O3/c1-10-7-12(8-15(17)18)14(16)9-13(10)11-5-3-2-4-6-11/h2-7,9,16H,8H2,1H3,(H,17,18). The van der Waals surface area contributed by atoms with Gasteiger partial charge in [0.15, 0.2) is 0 Å². The zero-order valence-electron chi connectivity index (χ0n) is 10.1. The number of carboxylic acid groups (broad SMARTS) is 1. The topological polar surface area (TPSA) is 57.5 Å². The third-order valence-corrected chi connectivity index (χ3v) is 2.85. The van der Waals surface area contributed by atoms with E-state index in [0.29, 0.717) is 5.56 Å². The number of carbonyl (C=O) groups is 1. The monoisotopic (exact) mass is 242 g/mol. The van der Waals surface area contributed by atoms with E-state index in [1.54, 1.807) is 12.1 Å². The molecule has 3 heteroatoms. The molecule has 0 saturated carbocycles. The molecule has 0 unspecified atom stereocenters. The molecule has 0 radical (unpaired) electrons. The predicted molar refractivity (Wildman–Crippen MR) is 69.6 cm³/mol. The Bertz CT molecular complexity index is 574. The van der Waals surface area contributed by atoms with Gasteiger partial charge in [-0.2, -0.15) is 0 Å². The first-order valence-electron chi connectivity index (χ1n) is 5.67. The molecule has 2 N–H and O–H groups in total. The lowest BCUT2D eigenvalue weighted by Gasteiger charge is -2.10. The molecule has 0 fully saturated rings. The first kappa shape index (κ1) is 12.2. The van der Waals surface area contributed by atoms with E-state index >= 15 is 0 Å². The molecule has 92 valence electrons. The Balaban J connectivity index is 2.46. The summed E-state index contributed by atoms with van der Waals surface area (Å²) in [6, 6.07) is 13.1. The zero-order valence-corrected chi connectivity index (χ0v) is 10.1. The molecule has 0 amide bonds. The fourth-order valence-corrected chi connectivity index (χ4v) is 1.99. The molecule has 2 rings (SSSR count). The Labute approximate surface area is 105 Å². The molecule has 0 atom stereocenters. The summed E-state index contributed by atoms with van der Waals surface area (Å²) < 4.78 is 0. The van der Waals surface area contributed by atoms with Gasteiger partial charge in [-0.15, -0.1) is 0 Å². The van der Waals surface area contributed by atoms with Crippen LogP contribution in [0.4, 0.5) is 0 Å².